The summed E-state index contributed by atoms with van der Waals surface area (Å²) in [4.78, 5) is 2.46. The third-order valence-corrected chi connectivity index (χ3v) is 7.62. The van der Waals surface area contributed by atoms with Crippen molar-refractivity contribution < 1.29 is 14.2 Å². The number of hydrogen-bond acceptors (Lipinski definition) is 6. The lowest BCUT2D eigenvalue weighted by atomic mass is 9.92. The second-order valence-corrected chi connectivity index (χ2v) is 10.3. The van der Waals surface area contributed by atoms with Crippen molar-refractivity contribution in [3.05, 3.63) is 101 Å². The fourth-order valence-corrected chi connectivity index (χ4v) is 5.46. The molecular weight excluding hydrogens is 498 g/mol. The van der Waals surface area contributed by atoms with E-state index in [2.05, 4.69) is 71.7 Å². The molecule has 0 amide bonds. The molecule has 0 saturated carbocycles. The van der Waals surface area contributed by atoms with Gasteiger partial charge in [0.1, 0.15) is 25.6 Å². The molecule has 6 rings (SSSR count). The highest BCUT2D eigenvalue weighted by Gasteiger charge is 2.17. The van der Waals surface area contributed by atoms with Crippen LogP contribution in [-0.2, 0) is 13.2 Å². The van der Waals surface area contributed by atoms with Crippen LogP contribution in [0.15, 0.2) is 78.9 Å². The maximum absolute atomic E-state index is 9.31. The van der Waals surface area contributed by atoms with Crippen LogP contribution in [0.2, 0.25) is 0 Å². The van der Waals surface area contributed by atoms with Crippen molar-refractivity contribution in [2.24, 2.45) is 0 Å². The second kappa shape index (κ2) is 11.8. The minimum absolute atomic E-state index is 0.406. The fraction of sp³-hybridized carbons (Fsp3) is 0.265. The summed E-state index contributed by atoms with van der Waals surface area (Å²) in [5.41, 5.74) is 8.53. The van der Waals surface area contributed by atoms with Gasteiger partial charge in [-0.3, -0.25) is 4.90 Å². The third kappa shape index (κ3) is 5.67. The molecule has 0 unspecified atom stereocenters. The number of nitrogens with one attached hydrogen (secondary N) is 1. The van der Waals surface area contributed by atoms with E-state index in [-0.39, 0.29) is 0 Å². The number of rotatable bonds is 7. The van der Waals surface area contributed by atoms with Crippen LogP contribution in [0.25, 0.3) is 22.3 Å². The molecule has 2 heterocycles. The topological polar surface area (TPSA) is 66.8 Å². The molecule has 2 aliphatic heterocycles. The summed E-state index contributed by atoms with van der Waals surface area (Å²) in [6.07, 6.45) is 0. The van der Waals surface area contributed by atoms with Crippen molar-refractivity contribution >= 4 is 0 Å². The van der Waals surface area contributed by atoms with E-state index in [0.717, 1.165) is 77.8 Å². The van der Waals surface area contributed by atoms with Crippen LogP contribution in [0.4, 0.5) is 0 Å². The predicted octanol–water partition coefficient (Wildman–Crippen LogP) is 5.96. The van der Waals surface area contributed by atoms with Crippen LogP contribution in [0.3, 0.4) is 0 Å². The first-order valence-corrected chi connectivity index (χ1v) is 13.9. The third-order valence-electron chi connectivity index (χ3n) is 7.62. The zero-order valence-electron chi connectivity index (χ0n) is 22.8. The highest BCUT2D eigenvalue weighted by molar-refractivity contribution is 5.80. The number of ether oxygens (including phenoxy) is 3. The van der Waals surface area contributed by atoms with E-state index in [4.69, 9.17) is 14.2 Å². The van der Waals surface area contributed by atoms with Gasteiger partial charge in [-0.15, -0.1) is 0 Å². The van der Waals surface area contributed by atoms with E-state index in [1.54, 1.807) is 0 Å². The number of piperazine rings is 1. The molecule has 0 spiro atoms. The molecule has 1 fully saturated rings. The van der Waals surface area contributed by atoms with Crippen molar-refractivity contribution in [3.8, 4) is 45.6 Å². The van der Waals surface area contributed by atoms with Gasteiger partial charge < -0.3 is 19.5 Å². The molecule has 6 nitrogen and oxygen atoms in total. The molecule has 1 N–H and O–H groups in total. The van der Waals surface area contributed by atoms with Crippen molar-refractivity contribution in [1.29, 1.82) is 5.26 Å². The van der Waals surface area contributed by atoms with Gasteiger partial charge >= 0.3 is 0 Å². The average molecular weight is 532 g/mol. The summed E-state index contributed by atoms with van der Waals surface area (Å²) in [7, 11) is 0. The Morgan fingerprint density at radius 3 is 2.38 bits per heavy atom. The Kier molecular flexibility index (Phi) is 7.67. The molecule has 202 valence electrons. The summed E-state index contributed by atoms with van der Waals surface area (Å²) in [6, 6.07) is 29.0. The molecular formula is C34H33N3O3. The van der Waals surface area contributed by atoms with Crippen LogP contribution in [0.1, 0.15) is 22.3 Å². The molecule has 4 aromatic carbocycles. The van der Waals surface area contributed by atoms with Gasteiger partial charge in [0.05, 0.1) is 11.6 Å². The maximum Gasteiger partial charge on any atom is 0.161 e. The van der Waals surface area contributed by atoms with Gasteiger partial charge in [0.2, 0.25) is 0 Å². The molecule has 0 bridgehead atoms. The van der Waals surface area contributed by atoms with Gasteiger partial charge in [0.25, 0.3) is 0 Å². The highest BCUT2D eigenvalue weighted by atomic mass is 16.6. The Hall–Kier alpha value is -4.31. The minimum Gasteiger partial charge on any atom is -0.489 e. The van der Waals surface area contributed by atoms with Gasteiger partial charge in [-0.2, -0.15) is 5.26 Å². The summed E-state index contributed by atoms with van der Waals surface area (Å²) in [5, 5.41) is 12.7. The van der Waals surface area contributed by atoms with Crippen molar-refractivity contribution in [2.45, 2.75) is 20.1 Å². The molecule has 0 aliphatic carbocycles. The molecule has 1 saturated heterocycles. The number of fused-ring (bicyclic) bond motifs is 1. The first-order valence-electron chi connectivity index (χ1n) is 13.9. The van der Waals surface area contributed by atoms with Gasteiger partial charge in [0, 0.05) is 38.3 Å². The van der Waals surface area contributed by atoms with E-state index in [9.17, 15) is 5.26 Å². The lowest BCUT2D eigenvalue weighted by Gasteiger charge is -2.28. The summed E-state index contributed by atoms with van der Waals surface area (Å²) < 4.78 is 18.0. The Morgan fingerprint density at radius 1 is 0.850 bits per heavy atom. The largest absolute Gasteiger partial charge is 0.489 e. The summed E-state index contributed by atoms with van der Waals surface area (Å²) in [6.45, 7) is 8.60. The fourth-order valence-electron chi connectivity index (χ4n) is 5.46. The van der Waals surface area contributed by atoms with E-state index >= 15 is 0 Å². The Bertz CT molecular complexity index is 1550. The molecule has 2 aliphatic rings. The van der Waals surface area contributed by atoms with Gasteiger partial charge in [-0.25, -0.2) is 0 Å². The van der Waals surface area contributed by atoms with Crippen molar-refractivity contribution in [3.63, 3.8) is 0 Å². The van der Waals surface area contributed by atoms with E-state index in [0.29, 0.717) is 25.4 Å². The Morgan fingerprint density at radius 2 is 1.57 bits per heavy atom. The number of nitrogens with zero attached hydrogens (tertiary/aromatic N) is 2. The van der Waals surface area contributed by atoms with Crippen LogP contribution in [-0.4, -0.2) is 44.3 Å². The first-order chi connectivity index (χ1) is 19.7. The molecule has 4 aromatic rings. The van der Waals surface area contributed by atoms with Crippen LogP contribution >= 0.6 is 0 Å². The van der Waals surface area contributed by atoms with E-state index in [1.807, 2.05) is 30.3 Å². The van der Waals surface area contributed by atoms with Crippen molar-refractivity contribution in [1.82, 2.24) is 10.2 Å². The van der Waals surface area contributed by atoms with Crippen LogP contribution in [0, 0.1) is 18.3 Å². The van der Waals surface area contributed by atoms with Crippen LogP contribution < -0.4 is 19.5 Å². The smallest absolute Gasteiger partial charge is 0.161 e. The number of hydrogen-bond donors (Lipinski definition) is 1. The molecule has 0 radical (unpaired) electrons. The van der Waals surface area contributed by atoms with Crippen molar-refractivity contribution in [2.75, 3.05) is 39.4 Å². The lowest BCUT2D eigenvalue weighted by molar-refractivity contribution is 0.171. The number of nitriles is 1. The van der Waals surface area contributed by atoms with Gasteiger partial charge in [0.15, 0.2) is 11.5 Å². The zero-order chi connectivity index (χ0) is 27.3. The quantitative estimate of drug-likeness (QED) is 0.318. The molecule has 0 atom stereocenters. The predicted molar refractivity (Wildman–Crippen MR) is 157 cm³/mol. The van der Waals surface area contributed by atoms with Gasteiger partial charge in [-0.1, -0.05) is 48.5 Å². The zero-order valence-corrected chi connectivity index (χ0v) is 22.8. The average Bonchev–Trinajstić information content (AvgIpc) is 3.01. The SMILES string of the molecule is Cc1c(-c2ccc(CN3CCNCC3)c(OCc3cccc(C#N)c3)c2)cccc1-c1ccc2c(c1)OCCO2. The number of benzene rings is 4. The highest BCUT2D eigenvalue weighted by Crippen LogP contribution is 2.39. The maximum atomic E-state index is 9.31. The standard InChI is InChI=1S/C34H33N3O3/c1-24-30(6-3-7-31(24)28-10-11-32-34(20-28)39-17-16-38-32)27-8-9-29(22-37-14-12-36-13-15-37)33(19-27)40-23-26-5-2-4-25(18-26)21-35/h2-11,18-20,36H,12-17,22-23H2,1H3. The monoisotopic (exact) mass is 531 g/mol. The molecule has 0 aromatic heterocycles. The molecule has 6 heteroatoms. The van der Waals surface area contributed by atoms with Crippen LogP contribution in [0.5, 0.6) is 17.2 Å². The van der Waals surface area contributed by atoms with E-state index in [1.165, 1.54) is 11.1 Å². The summed E-state index contributed by atoms with van der Waals surface area (Å²) >= 11 is 0. The molecule has 40 heavy (non-hydrogen) atoms. The van der Waals surface area contributed by atoms with Gasteiger partial charge in [-0.05, 0) is 70.6 Å². The minimum atomic E-state index is 0.406. The normalized spacial score (nSPS) is 14.9. The Labute approximate surface area is 235 Å². The van der Waals surface area contributed by atoms with E-state index < -0.39 is 0 Å². The first kappa shape index (κ1) is 25.9. The summed E-state index contributed by atoms with van der Waals surface area (Å²) in [5.74, 6) is 2.47. The Balaban J connectivity index is 1.33. The second-order valence-electron chi connectivity index (χ2n) is 10.3. The lowest BCUT2D eigenvalue weighted by Crippen LogP contribution is -2.42.